The molecule has 0 heterocycles. The molecule has 5 heteroatoms. The van der Waals surface area contributed by atoms with E-state index in [-0.39, 0.29) is 5.75 Å². The minimum Gasteiger partial charge on any atom is -0.433 e. The number of benzene rings is 1. The molecule has 0 radical (unpaired) electrons. The molecule has 0 amide bonds. The zero-order valence-corrected chi connectivity index (χ0v) is 7.41. The lowest BCUT2D eigenvalue weighted by Gasteiger charge is -2.09. The van der Waals surface area contributed by atoms with Crippen LogP contribution in [-0.2, 0) is 0 Å². The fourth-order valence-corrected chi connectivity index (χ4v) is 1.12. The predicted octanol–water partition coefficient (Wildman–Crippen LogP) is 3.39. The summed E-state index contributed by atoms with van der Waals surface area (Å²) >= 11 is 5.41. The number of aryl methyl sites for hydroxylation is 1. The number of ether oxygens (including phenoxy) is 1. The summed E-state index contributed by atoms with van der Waals surface area (Å²) in [6.45, 7) is -1.50. The van der Waals surface area contributed by atoms with Crippen LogP contribution in [0.4, 0.5) is 13.2 Å². The number of rotatable bonds is 2. The average Bonchev–Trinajstić information content (AvgIpc) is 2.05. The molecule has 0 bridgehead atoms. The van der Waals surface area contributed by atoms with Crippen LogP contribution >= 0.6 is 11.6 Å². The normalized spacial score (nSPS) is 10.6. The summed E-state index contributed by atoms with van der Waals surface area (Å²) in [6.07, 6.45) is 0. The summed E-state index contributed by atoms with van der Waals surface area (Å²) in [6, 6.07) is 2.41. The van der Waals surface area contributed by atoms with Gasteiger partial charge in [0.15, 0.2) is 5.75 Å². The molecule has 1 nitrogen and oxygen atoms in total. The average molecular weight is 211 g/mol. The van der Waals surface area contributed by atoms with Gasteiger partial charge in [0, 0.05) is 0 Å². The Balaban J connectivity index is 3.10. The highest BCUT2D eigenvalue weighted by Gasteiger charge is 2.14. The number of halogens is 4. The Morgan fingerprint density at radius 3 is 2.54 bits per heavy atom. The van der Waals surface area contributed by atoms with Gasteiger partial charge in [0.1, 0.15) is 10.8 Å². The molecule has 0 aromatic heterocycles. The van der Waals surface area contributed by atoms with Gasteiger partial charge in [-0.05, 0) is 18.6 Å². The minimum absolute atomic E-state index is 0.309. The van der Waals surface area contributed by atoms with Gasteiger partial charge in [-0.3, -0.25) is 0 Å². The van der Waals surface area contributed by atoms with Crippen molar-refractivity contribution >= 4 is 11.6 Å². The third-order valence-electron chi connectivity index (χ3n) is 1.45. The van der Waals surface area contributed by atoms with E-state index in [1.807, 2.05) is 0 Å². The van der Waals surface area contributed by atoms with Crippen LogP contribution in [0.5, 0.6) is 5.75 Å². The lowest BCUT2D eigenvalue weighted by molar-refractivity contribution is -0.0503. The first kappa shape index (κ1) is 10.2. The molecule has 0 atom stereocenters. The largest absolute Gasteiger partial charge is 0.433 e. The van der Waals surface area contributed by atoms with Gasteiger partial charge in [0.05, 0.1) is 0 Å². The van der Waals surface area contributed by atoms with Crippen LogP contribution in [0, 0.1) is 12.7 Å². The van der Waals surface area contributed by atoms with Gasteiger partial charge >= 0.3 is 6.61 Å². The third-order valence-corrected chi connectivity index (χ3v) is 1.81. The molecule has 0 saturated heterocycles. The van der Waals surface area contributed by atoms with Crippen molar-refractivity contribution in [3.05, 3.63) is 28.5 Å². The van der Waals surface area contributed by atoms with E-state index < -0.39 is 17.5 Å². The van der Waals surface area contributed by atoms with Crippen LogP contribution in [0.25, 0.3) is 0 Å². The fourth-order valence-electron chi connectivity index (χ4n) is 0.862. The molecular weight excluding hydrogens is 205 g/mol. The Morgan fingerprint density at radius 1 is 1.38 bits per heavy atom. The van der Waals surface area contributed by atoms with Crippen molar-refractivity contribution in [2.45, 2.75) is 13.5 Å². The van der Waals surface area contributed by atoms with Crippen molar-refractivity contribution in [1.29, 1.82) is 0 Å². The van der Waals surface area contributed by atoms with Crippen LogP contribution in [0.2, 0.25) is 5.02 Å². The van der Waals surface area contributed by atoms with E-state index in [1.54, 1.807) is 0 Å². The molecule has 0 N–H and O–H groups in total. The Hall–Kier alpha value is -0.900. The summed E-state index contributed by atoms with van der Waals surface area (Å²) in [4.78, 5) is 0. The van der Waals surface area contributed by atoms with Gasteiger partial charge < -0.3 is 4.74 Å². The molecular formula is C8H6ClF3O. The number of alkyl halides is 2. The Bertz CT molecular complexity index is 315. The van der Waals surface area contributed by atoms with Crippen LogP contribution in [0.15, 0.2) is 12.1 Å². The lowest BCUT2D eigenvalue weighted by Crippen LogP contribution is -2.04. The molecule has 0 saturated carbocycles. The zero-order valence-electron chi connectivity index (χ0n) is 6.65. The van der Waals surface area contributed by atoms with Crippen LogP contribution < -0.4 is 4.74 Å². The molecule has 0 aliphatic carbocycles. The monoisotopic (exact) mass is 210 g/mol. The molecule has 0 aliphatic rings. The molecule has 0 fully saturated rings. The van der Waals surface area contributed by atoms with E-state index >= 15 is 0 Å². The maximum absolute atomic E-state index is 12.8. The van der Waals surface area contributed by atoms with E-state index in [1.165, 1.54) is 13.0 Å². The van der Waals surface area contributed by atoms with Crippen molar-refractivity contribution < 1.29 is 17.9 Å². The van der Waals surface area contributed by atoms with E-state index in [2.05, 4.69) is 4.74 Å². The van der Waals surface area contributed by atoms with Crippen molar-refractivity contribution in [2.24, 2.45) is 0 Å². The van der Waals surface area contributed by atoms with Gasteiger partial charge in [-0.2, -0.15) is 8.78 Å². The van der Waals surface area contributed by atoms with E-state index in [0.29, 0.717) is 5.56 Å². The predicted molar refractivity (Wildman–Crippen MR) is 42.8 cm³/mol. The highest BCUT2D eigenvalue weighted by atomic mass is 35.5. The third kappa shape index (κ3) is 2.28. The van der Waals surface area contributed by atoms with E-state index in [4.69, 9.17) is 11.6 Å². The van der Waals surface area contributed by atoms with E-state index in [9.17, 15) is 13.2 Å². The summed E-state index contributed by atoms with van der Waals surface area (Å²) in [5, 5.41) is -0.416. The Kier molecular flexibility index (Phi) is 3.03. The van der Waals surface area contributed by atoms with Crippen LogP contribution in [-0.4, -0.2) is 6.61 Å². The van der Waals surface area contributed by atoms with Gasteiger partial charge in [-0.15, -0.1) is 0 Å². The van der Waals surface area contributed by atoms with Crippen molar-refractivity contribution in [3.63, 3.8) is 0 Å². The molecule has 13 heavy (non-hydrogen) atoms. The summed E-state index contributed by atoms with van der Waals surface area (Å²) in [7, 11) is 0. The molecule has 1 aromatic carbocycles. The van der Waals surface area contributed by atoms with Gasteiger partial charge in [0.2, 0.25) is 0 Å². The molecule has 0 spiro atoms. The zero-order chi connectivity index (χ0) is 10.0. The Labute approximate surface area is 78.1 Å². The van der Waals surface area contributed by atoms with Crippen LogP contribution in [0.1, 0.15) is 5.56 Å². The molecule has 0 aliphatic heterocycles. The maximum atomic E-state index is 12.8. The number of hydrogen-bond acceptors (Lipinski definition) is 1. The standard InChI is InChI=1S/C8H6ClF3O/c1-4-2-3-5(10)6(9)7(4)13-8(11)12/h2-3,8H,1H3. The minimum atomic E-state index is -3.00. The quantitative estimate of drug-likeness (QED) is 0.727. The van der Waals surface area contributed by atoms with Crippen molar-refractivity contribution in [3.8, 4) is 5.75 Å². The SMILES string of the molecule is Cc1ccc(F)c(Cl)c1OC(F)F. The van der Waals surface area contributed by atoms with Crippen molar-refractivity contribution in [1.82, 2.24) is 0 Å². The highest BCUT2D eigenvalue weighted by molar-refractivity contribution is 6.32. The molecule has 72 valence electrons. The fraction of sp³-hybridized carbons (Fsp3) is 0.250. The first-order chi connectivity index (χ1) is 6.02. The first-order valence-electron chi connectivity index (χ1n) is 3.41. The topological polar surface area (TPSA) is 9.23 Å². The summed E-state index contributed by atoms with van der Waals surface area (Å²) in [5.74, 6) is -1.08. The van der Waals surface area contributed by atoms with Gasteiger partial charge in [-0.1, -0.05) is 17.7 Å². The van der Waals surface area contributed by atoms with Crippen molar-refractivity contribution in [2.75, 3.05) is 0 Å². The second-order valence-electron chi connectivity index (χ2n) is 2.39. The molecule has 0 unspecified atom stereocenters. The van der Waals surface area contributed by atoms with Gasteiger partial charge in [0.25, 0.3) is 0 Å². The lowest BCUT2D eigenvalue weighted by atomic mass is 10.2. The summed E-state index contributed by atoms with van der Waals surface area (Å²) < 4.78 is 40.4. The second-order valence-corrected chi connectivity index (χ2v) is 2.76. The smallest absolute Gasteiger partial charge is 0.387 e. The maximum Gasteiger partial charge on any atom is 0.387 e. The first-order valence-corrected chi connectivity index (χ1v) is 3.79. The summed E-state index contributed by atoms with van der Waals surface area (Å²) in [5.41, 5.74) is 0.367. The second kappa shape index (κ2) is 3.87. The Morgan fingerprint density at radius 2 is 2.00 bits per heavy atom. The van der Waals surface area contributed by atoms with E-state index in [0.717, 1.165) is 6.07 Å². The van der Waals surface area contributed by atoms with Gasteiger partial charge in [-0.25, -0.2) is 4.39 Å². The van der Waals surface area contributed by atoms with Crippen LogP contribution in [0.3, 0.4) is 0 Å². The molecule has 1 rings (SSSR count). The number of hydrogen-bond donors (Lipinski definition) is 0. The molecule has 1 aromatic rings. The highest BCUT2D eigenvalue weighted by Crippen LogP contribution is 2.31.